The van der Waals surface area contributed by atoms with E-state index in [0.29, 0.717) is 0 Å². The van der Waals surface area contributed by atoms with Crippen molar-refractivity contribution in [1.29, 1.82) is 0 Å². The lowest BCUT2D eigenvalue weighted by atomic mass is 9.31. The van der Waals surface area contributed by atoms with Crippen molar-refractivity contribution in [2.45, 2.75) is 53.9 Å². The number of halogens is 2. The van der Waals surface area contributed by atoms with E-state index in [1.807, 2.05) is 6.08 Å². The highest BCUT2D eigenvalue weighted by Gasteiger charge is 2.44. The summed E-state index contributed by atoms with van der Waals surface area (Å²) in [5.74, 6) is 0. The molecule has 0 unspecified atom stereocenters. The first-order valence-corrected chi connectivity index (χ1v) is 11.7. The Balaban J connectivity index is 2.94. The number of fused-ring (bicyclic) bond motifs is 1. The lowest BCUT2D eigenvalue weighted by Crippen LogP contribution is -2.42. The Labute approximate surface area is 193 Å². The minimum atomic E-state index is 0.255. The molecule has 2 rings (SSSR count). The number of hydrogen-bond acceptors (Lipinski definition) is 2. The molecular formula is C22H29BI2N2. The molecule has 1 saturated heterocycles. The average Bonchev–Trinajstić information content (AvgIpc) is 2.65. The molecule has 27 heavy (non-hydrogen) atoms. The van der Waals surface area contributed by atoms with Gasteiger partial charge in [0.25, 0.3) is 6.71 Å². The van der Waals surface area contributed by atoms with Crippen LogP contribution in [0.3, 0.4) is 0 Å². The van der Waals surface area contributed by atoms with Crippen LogP contribution in [0.2, 0.25) is 0 Å². The van der Waals surface area contributed by atoms with Gasteiger partial charge in [-0.1, -0.05) is 57.7 Å². The molecule has 2 heterocycles. The summed E-state index contributed by atoms with van der Waals surface area (Å²) in [6.07, 6.45) is 16.5. The van der Waals surface area contributed by atoms with E-state index in [9.17, 15) is 0 Å². The zero-order valence-electron chi connectivity index (χ0n) is 17.0. The molecule has 0 atom stereocenters. The highest BCUT2D eigenvalue weighted by Crippen LogP contribution is 2.48. The summed E-state index contributed by atoms with van der Waals surface area (Å²) in [6.45, 7) is 15.3. The van der Waals surface area contributed by atoms with E-state index < -0.39 is 0 Å². The maximum Gasteiger partial charge on any atom is 0.251 e. The van der Waals surface area contributed by atoms with Crippen LogP contribution in [0.15, 0.2) is 82.2 Å². The minimum Gasteiger partial charge on any atom is -0.288 e. The maximum absolute atomic E-state index is 4.13. The van der Waals surface area contributed by atoms with Crippen LogP contribution < -0.4 is 0 Å². The number of allylic oxidation sites excluding steroid dienone is 10. The molecule has 0 amide bonds. The van der Waals surface area contributed by atoms with Gasteiger partial charge in [-0.15, -0.1) is 0 Å². The molecule has 0 aromatic heterocycles. The van der Waals surface area contributed by atoms with Crippen molar-refractivity contribution in [2.75, 3.05) is 0 Å². The first-order chi connectivity index (χ1) is 13.0. The van der Waals surface area contributed by atoms with Crippen LogP contribution >= 0.6 is 45.7 Å². The van der Waals surface area contributed by atoms with E-state index in [1.54, 1.807) is 0 Å². The molecule has 0 bridgehead atoms. The number of hydrogen-bond donors (Lipinski definition) is 0. The lowest BCUT2D eigenvalue weighted by molar-refractivity contribution is 0.690. The number of nitrogens with zero attached hydrogens (tertiary/aromatic N) is 2. The van der Waals surface area contributed by atoms with Gasteiger partial charge in [-0.2, -0.15) is 0 Å². The van der Waals surface area contributed by atoms with Gasteiger partial charge in [0.15, 0.2) is 0 Å². The van der Waals surface area contributed by atoms with E-state index in [4.69, 9.17) is 0 Å². The largest absolute Gasteiger partial charge is 0.288 e. The molecule has 0 aromatic carbocycles. The molecule has 0 saturated carbocycles. The molecule has 0 radical (unpaired) electrons. The molecule has 144 valence electrons. The highest BCUT2D eigenvalue weighted by molar-refractivity contribution is 14.1. The fraction of sp³-hybridized carbons (Fsp3) is 0.364. The van der Waals surface area contributed by atoms with E-state index in [2.05, 4.69) is 124 Å². The quantitative estimate of drug-likeness (QED) is 0.186. The van der Waals surface area contributed by atoms with Gasteiger partial charge in [-0.25, -0.2) is 0 Å². The van der Waals surface area contributed by atoms with Gasteiger partial charge in [-0.3, -0.25) is 6.23 Å². The Hall–Kier alpha value is -0.695. The molecule has 2 aliphatic rings. The van der Waals surface area contributed by atoms with Crippen molar-refractivity contribution < 1.29 is 0 Å². The molecule has 0 N–H and O–H groups in total. The predicted octanol–water partition coefficient (Wildman–Crippen LogP) is 7.64. The molecule has 0 aliphatic carbocycles. The SMILES string of the molecule is C=CC1=C(/C=C\C)B2C(=C(CC)N1I)/C(=C\C)N(I)C(=C/CC)/C2=C\CC. The lowest BCUT2D eigenvalue weighted by Gasteiger charge is -2.44. The zero-order valence-corrected chi connectivity index (χ0v) is 21.3. The standard InChI is InChI=1S/C22H29BI2N2/c1-7-13-16-18(10-4)26(24)19(11-5)22-20(12-6)27(25)21(15-9-3)17(14-8-2)23(16)22/h7,10,12-15H,4,8-9,11H2,1-3,5-6H3/b13-7-,17-14+,20-12+,21-15+. The van der Waals surface area contributed by atoms with Crippen molar-refractivity contribution in [3.05, 3.63) is 82.2 Å². The summed E-state index contributed by atoms with van der Waals surface area (Å²) >= 11 is 4.91. The van der Waals surface area contributed by atoms with E-state index >= 15 is 0 Å². The average molecular weight is 586 g/mol. The Morgan fingerprint density at radius 2 is 1.67 bits per heavy atom. The second-order valence-electron chi connectivity index (χ2n) is 6.49. The summed E-state index contributed by atoms with van der Waals surface area (Å²) in [7, 11) is 0. The van der Waals surface area contributed by atoms with Crippen molar-refractivity contribution in [3.63, 3.8) is 0 Å². The summed E-state index contributed by atoms with van der Waals surface area (Å²) in [4.78, 5) is 0. The van der Waals surface area contributed by atoms with Gasteiger partial charge in [0.05, 0.1) is 45.7 Å². The normalized spacial score (nSPS) is 22.8. The first kappa shape index (κ1) is 22.6. The zero-order chi connectivity index (χ0) is 20.1. The first-order valence-electron chi connectivity index (χ1n) is 9.73. The fourth-order valence-corrected chi connectivity index (χ4v) is 6.03. The van der Waals surface area contributed by atoms with Crippen LogP contribution in [-0.2, 0) is 0 Å². The molecule has 0 aromatic rings. The van der Waals surface area contributed by atoms with Crippen molar-refractivity contribution in [1.82, 2.24) is 6.23 Å². The van der Waals surface area contributed by atoms with Gasteiger partial charge in [-0.05, 0) is 55.6 Å². The Morgan fingerprint density at radius 3 is 2.15 bits per heavy atom. The van der Waals surface area contributed by atoms with E-state index in [-0.39, 0.29) is 6.71 Å². The van der Waals surface area contributed by atoms with Crippen LogP contribution in [0.4, 0.5) is 0 Å². The third-order valence-corrected chi connectivity index (χ3v) is 7.07. The van der Waals surface area contributed by atoms with Gasteiger partial charge in [0.2, 0.25) is 0 Å². The Bertz CT molecular complexity index is 784. The smallest absolute Gasteiger partial charge is 0.251 e. The van der Waals surface area contributed by atoms with E-state index in [1.165, 1.54) is 39.2 Å². The number of rotatable bonds is 5. The molecule has 1 fully saturated rings. The van der Waals surface area contributed by atoms with Crippen molar-refractivity contribution in [2.24, 2.45) is 0 Å². The Kier molecular flexibility index (Phi) is 8.52. The van der Waals surface area contributed by atoms with Crippen molar-refractivity contribution in [3.8, 4) is 0 Å². The second kappa shape index (κ2) is 10.2. The van der Waals surface area contributed by atoms with Crippen LogP contribution in [0.5, 0.6) is 0 Å². The maximum atomic E-state index is 4.13. The van der Waals surface area contributed by atoms with Crippen LogP contribution in [0.1, 0.15) is 53.9 Å². The van der Waals surface area contributed by atoms with Gasteiger partial charge in [0, 0.05) is 22.8 Å². The minimum absolute atomic E-state index is 0.255. The van der Waals surface area contributed by atoms with Crippen LogP contribution in [0.25, 0.3) is 0 Å². The monoisotopic (exact) mass is 586 g/mol. The summed E-state index contributed by atoms with van der Waals surface area (Å²) < 4.78 is 4.65. The molecular weight excluding hydrogens is 557 g/mol. The highest BCUT2D eigenvalue weighted by atomic mass is 127. The third kappa shape index (κ3) is 4.04. The summed E-state index contributed by atoms with van der Waals surface area (Å²) in [5.41, 5.74) is 9.37. The molecule has 2 aliphatic heterocycles. The molecule has 0 spiro atoms. The van der Waals surface area contributed by atoms with Gasteiger partial charge in [0.1, 0.15) is 0 Å². The van der Waals surface area contributed by atoms with Gasteiger partial charge >= 0.3 is 0 Å². The Morgan fingerprint density at radius 1 is 1.00 bits per heavy atom. The summed E-state index contributed by atoms with van der Waals surface area (Å²) in [5, 5.41) is 0. The molecule has 5 heteroatoms. The van der Waals surface area contributed by atoms with Crippen LogP contribution in [-0.4, -0.2) is 12.9 Å². The second-order valence-corrected chi connectivity index (χ2v) is 8.42. The third-order valence-electron chi connectivity index (χ3n) is 4.93. The van der Waals surface area contributed by atoms with Crippen molar-refractivity contribution >= 4 is 52.4 Å². The predicted molar refractivity (Wildman–Crippen MR) is 137 cm³/mol. The van der Waals surface area contributed by atoms with E-state index in [0.717, 1.165) is 19.3 Å². The fourth-order valence-electron chi connectivity index (χ4n) is 3.94. The summed E-state index contributed by atoms with van der Waals surface area (Å²) in [6, 6.07) is 0. The van der Waals surface area contributed by atoms with Crippen LogP contribution in [0, 0.1) is 0 Å². The molecule has 2 nitrogen and oxygen atoms in total. The topological polar surface area (TPSA) is 6.48 Å². The van der Waals surface area contributed by atoms with Gasteiger partial charge < -0.3 is 0 Å².